The third-order valence-corrected chi connectivity index (χ3v) is 1.98. The molecule has 4 heteroatoms. The zero-order chi connectivity index (χ0) is 11.3. The summed E-state index contributed by atoms with van der Waals surface area (Å²) in [6, 6.07) is 7.33. The Morgan fingerprint density at radius 2 is 2.27 bits per heavy atom. The van der Waals surface area contributed by atoms with Crippen LogP contribution in [0.5, 0.6) is 5.75 Å². The minimum Gasteiger partial charge on any atom is -0.497 e. The first-order chi connectivity index (χ1) is 7.13. The first kappa shape index (κ1) is 11.5. The minimum absolute atomic E-state index is 0.269. The van der Waals surface area contributed by atoms with Gasteiger partial charge >= 0.3 is 5.97 Å². The summed E-state index contributed by atoms with van der Waals surface area (Å²) in [5, 5.41) is 8.61. The average molecular weight is 210 g/mol. The van der Waals surface area contributed by atoms with E-state index in [0.717, 1.165) is 11.3 Å². The highest BCUT2D eigenvalue weighted by Gasteiger charge is 2.10. The van der Waals surface area contributed by atoms with E-state index in [9.17, 15) is 4.79 Å². The van der Waals surface area contributed by atoms with Crippen LogP contribution in [0.1, 0.15) is 12.5 Å². The van der Waals surface area contributed by atoms with Crippen molar-refractivity contribution in [3.05, 3.63) is 29.8 Å². The molecule has 1 aromatic carbocycles. The van der Waals surface area contributed by atoms with Crippen molar-refractivity contribution in [3.63, 3.8) is 0 Å². The van der Waals surface area contributed by atoms with Crippen LogP contribution < -0.4 is 4.74 Å². The molecule has 82 valence electrons. The topological polar surface area (TPSA) is 55.8 Å². The Morgan fingerprint density at radius 1 is 1.53 bits per heavy atom. The van der Waals surface area contributed by atoms with Crippen LogP contribution in [0.3, 0.4) is 0 Å². The van der Waals surface area contributed by atoms with Crippen LogP contribution in [-0.2, 0) is 16.1 Å². The molecule has 0 aromatic heterocycles. The van der Waals surface area contributed by atoms with Crippen LogP contribution in [0.25, 0.3) is 0 Å². The highest BCUT2D eigenvalue weighted by molar-refractivity contribution is 5.71. The number of carbonyl (C=O) groups is 1. The molecule has 0 fully saturated rings. The molecule has 0 bridgehead atoms. The Labute approximate surface area is 88.4 Å². The molecule has 0 aliphatic carbocycles. The van der Waals surface area contributed by atoms with Crippen LogP contribution in [-0.4, -0.2) is 24.3 Å². The molecule has 0 heterocycles. The third kappa shape index (κ3) is 3.59. The number of hydrogen-bond acceptors (Lipinski definition) is 3. The van der Waals surface area contributed by atoms with Gasteiger partial charge in [-0.05, 0) is 24.6 Å². The predicted octanol–water partition coefficient (Wildman–Crippen LogP) is 1.68. The van der Waals surface area contributed by atoms with Crippen LogP contribution in [0, 0.1) is 0 Å². The Bertz CT molecular complexity index is 335. The molecule has 15 heavy (non-hydrogen) atoms. The second kappa shape index (κ2) is 5.36. The van der Waals surface area contributed by atoms with Gasteiger partial charge in [-0.1, -0.05) is 12.1 Å². The molecule has 0 radical (unpaired) electrons. The summed E-state index contributed by atoms with van der Waals surface area (Å²) in [5.74, 6) is -0.225. The maximum absolute atomic E-state index is 10.5. The Hall–Kier alpha value is -1.55. The van der Waals surface area contributed by atoms with Crippen LogP contribution in [0.2, 0.25) is 0 Å². The number of carboxylic acid groups (broad SMARTS) is 1. The number of carboxylic acids is 1. The fraction of sp³-hybridized carbons (Fsp3) is 0.364. The summed E-state index contributed by atoms with van der Waals surface area (Å²) < 4.78 is 10.2. The molecule has 0 spiro atoms. The predicted molar refractivity (Wildman–Crippen MR) is 54.9 cm³/mol. The van der Waals surface area contributed by atoms with E-state index in [0.29, 0.717) is 0 Å². The van der Waals surface area contributed by atoms with Crippen molar-refractivity contribution in [2.45, 2.75) is 19.6 Å². The molecule has 1 unspecified atom stereocenters. The summed E-state index contributed by atoms with van der Waals surface area (Å²) in [7, 11) is 1.58. The number of benzene rings is 1. The highest BCUT2D eigenvalue weighted by Crippen LogP contribution is 2.13. The lowest BCUT2D eigenvalue weighted by Gasteiger charge is -2.09. The molecule has 0 saturated carbocycles. The van der Waals surface area contributed by atoms with E-state index in [1.165, 1.54) is 6.92 Å². The van der Waals surface area contributed by atoms with Crippen LogP contribution >= 0.6 is 0 Å². The van der Waals surface area contributed by atoms with Crippen molar-refractivity contribution >= 4 is 5.97 Å². The molecule has 0 amide bonds. The largest absolute Gasteiger partial charge is 0.497 e. The van der Waals surface area contributed by atoms with Crippen molar-refractivity contribution in [2.24, 2.45) is 0 Å². The zero-order valence-corrected chi connectivity index (χ0v) is 8.77. The zero-order valence-electron chi connectivity index (χ0n) is 8.77. The summed E-state index contributed by atoms with van der Waals surface area (Å²) in [6.07, 6.45) is -0.795. The average Bonchev–Trinajstić information content (AvgIpc) is 2.26. The Balaban J connectivity index is 2.53. The number of hydrogen-bond donors (Lipinski definition) is 1. The van der Waals surface area contributed by atoms with Gasteiger partial charge in [0.05, 0.1) is 13.7 Å². The molecule has 0 saturated heterocycles. The van der Waals surface area contributed by atoms with Crippen molar-refractivity contribution in [1.29, 1.82) is 0 Å². The molecule has 4 nitrogen and oxygen atoms in total. The van der Waals surface area contributed by atoms with E-state index in [1.54, 1.807) is 7.11 Å². The SMILES string of the molecule is COc1cccc(COC(C)C(=O)O)c1. The maximum Gasteiger partial charge on any atom is 0.332 e. The van der Waals surface area contributed by atoms with Gasteiger partial charge in [0.1, 0.15) is 5.75 Å². The quantitative estimate of drug-likeness (QED) is 0.803. The van der Waals surface area contributed by atoms with E-state index in [2.05, 4.69) is 0 Å². The van der Waals surface area contributed by atoms with Crippen molar-refractivity contribution < 1.29 is 19.4 Å². The third-order valence-electron chi connectivity index (χ3n) is 1.98. The van der Waals surface area contributed by atoms with Gasteiger partial charge in [0, 0.05) is 0 Å². The molecular formula is C11H14O4. The number of rotatable bonds is 5. The first-order valence-electron chi connectivity index (χ1n) is 4.61. The van der Waals surface area contributed by atoms with Crippen molar-refractivity contribution in [2.75, 3.05) is 7.11 Å². The molecule has 1 atom stereocenters. The highest BCUT2D eigenvalue weighted by atomic mass is 16.5. The summed E-state index contributed by atoms with van der Waals surface area (Å²) in [5.41, 5.74) is 0.891. The van der Waals surface area contributed by atoms with Gasteiger partial charge in [0.15, 0.2) is 6.10 Å². The lowest BCUT2D eigenvalue weighted by molar-refractivity contribution is -0.149. The Morgan fingerprint density at radius 3 is 2.87 bits per heavy atom. The molecule has 1 N–H and O–H groups in total. The van der Waals surface area contributed by atoms with E-state index in [-0.39, 0.29) is 6.61 Å². The number of methoxy groups -OCH3 is 1. The minimum atomic E-state index is -0.960. The van der Waals surface area contributed by atoms with Gasteiger partial charge < -0.3 is 14.6 Å². The summed E-state index contributed by atoms with van der Waals surface area (Å²) in [4.78, 5) is 10.5. The van der Waals surface area contributed by atoms with E-state index >= 15 is 0 Å². The summed E-state index contributed by atoms with van der Waals surface area (Å²) in [6.45, 7) is 1.77. The standard InChI is InChI=1S/C11H14O4/c1-8(11(12)13)15-7-9-4-3-5-10(6-9)14-2/h3-6,8H,7H2,1-2H3,(H,12,13). The van der Waals surface area contributed by atoms with E-state index in [1.807, 2.05) is 24.3 Å². The van der Waals surface area contributed by atoms with Gasteiger partial charge in [-0.3, -0.25) is 0 Å². The second-order valence-electron chi connectivity index (χ2n) is 3.14. The smallest absolute Gasteiger partial charge is 0.332 e. The lowest BCUT2D eigenvalue weighted by Crippen LogP contribution is -2.19. The van der Waals surface area contributed by atoms with E-state index in [4.69, 9.17) is 14.6 Å². The summed E-state index contributed by atoms with van der Waals surface area (Å²) >= 11 is 0. The second-order valence-corrected chi connectivity index (χ2v) is 3.14. The van der Waals surface area contributed by atoms with Gasteiger partial charge in [-0.25, -0.2) is 4.79 Å². The van der Waals surface area contributed by atoms with Crippen LogP contribution in [0.15, 0.2) is 24.3 Å². The number of ether oxygens (including phenoxy) is 2. The molecule has 1 rings (SSSR count). The monoisotopic (exact) mass is 210 g/mol. The fourth-order valence-electron chi connectivity index (χ4n) is 1.05. The van der Waals surface area contributed by atoms with Gasteiger partial charge in [-0.2, -0.15) is 0 Å². The van der Waals surface area contributed by atoms with Gasteiger partial charge in [0.2, 0.25) is 0 Å². The molecule has 1 aromatic rings. The van der Waals surface area contributed by atoms with Gasteiger partial charge in [-0.15, -0.1) is 0 Å². The molecule has 0 aliphatic rings. The number of aliphatic carboxylic acids is 1. The Kier molecular flexibility index (Phi) is 4.12. The molecular weight excluding hydrogens is 196 g/mol. The normalized spacial score (nSPS) is 12.1. The fourth-order valence-corrected chi connectivity index (χ4v) is 1.05. The van der Waals surface area contributed by atoms with Crippen molar-refractivity contribution in [3.8, 4) is 5.75 Å². The van der Waals surface area contributed by atoms with Crippen LogP contribution in [0.4, 0.5) is 0 Å². The molecule has 0 aliphatic heterocycles. The lowest BCUT2D eigenvalue weighted by atomic mass is 10.2. The van der Waals surface area contributed by atoms with Crippen molar-refractivity contribution in [1.82, 2.24) is 0 Å². The van der Waals surface area contributed by atoms with E-state index < -0.39 is 12.1 Å². The van der Waals surface area contributed by atoms with Gasteiger partial charge in [0.25, 0.3) is 0 Å². The maximum atomic E-state index is 10.5. The first-order valence-corrected chi connectivity index (χ1v) is 4.61.